The Kier molecular flexibility index (Phi) is 3.51. The van der Waals surface area contributed by atoms with Gasteiger partial charge in [-0.05, 0) is 24.3 Å². The molecule has 0 bridgehead atoms. The topological polar surface area (TPSA) is 79.3 Å². The lowest BCUT2D eigenvalue weighted by molar-refractivity contribution is 0.0696. The molecule has 0 spiro atoms. The van der Waals surface area contributed by atoms with E-state index in [4.69, 9.17) is 5.11 Å². The number of aromatic carboxylic acids is 1. The summed E-state index contributed by atoms with van der Waals surface area (Å²) in [6.45, 7) is 0. The van der Waals surface area contributed by atoms with E-state index in [0.717, 1.165) is 12.3 Å². The lowest BCUT2D eigenvalue weighted by Gasteiger charge is -2.05. The summed E-state index contributed by atoms with van der Waals surface area (Å²) in [5, 5.41) is 11.3. The molecular weight excluding hydrogens is 251 g/mol. The molecule has 2 aromatic rings. The first-order valence-corrected chi connectivity index (χ1v) is 5.31. The molecule has 0 aliphatic carbocycles. The molecule has 96 valence electrons. The second-order valence-corrected chi connectivity index (χ2v) is 3.73. The van der Waals surface area contributed by atoms with Crippen LogP contribution in [-0.4, -0.2) is 22.0 Å². The fourth-order valence-electron chi connectivity index (χ4n) is 1.47. The number of benzene rings is 1. The van der Waals surface area contributed by atoms with E-state index in [2.05, 4.69) is 10.3 Å². The zero-order chi connectivity index (χ0) is 13.8. The molecule has 0 aliphatic rings. The largest absolute Gasteiger partial charge is 0.478 e. The van der Waals surface area contributed by atoms with Gasteiger partial charge in [-0.3, -0.25) is 9.78 Å². The van der Waals surface area contributed by atoms with Crippen molar-refractivity contribution in [2.24, 2.45) is 0 Å². The third kappa shape index (κ3) is 3.12. The number of hydrogen-bond acceptors (Lipinski definition) is 3. The molecule has 19 heavy (non-hydrogen) atoms. The Morgan fingerprint density at radius 3 is 2.63 bits per heavy atom. The van der Waals surface area contributed by atoms with Crippen molar-refractivity contribution < 1.29 is 19.1 Å². The van der Waals surface area contributed by atoms with Gasteiger partial charge in [0.1, 0.15) is 5.82 Å². The molecule has 0 atom stereocenters. The number of halogens is 1. The van der Waals surface area contributed by atoms with Gasteiger partial charge in [0.25, 0.3) is 5.91 Å². The third-order valence-corrected chi connectivity index (χ3v) is 2.33. The summed E-state index contributed by atoms with van der Waals surface area (Å²) in [5.41, 5.74) is 0.421. The van der Waals surface area contributed by atoms with Gasteiger partial charge in [-0.15, -0.1) is 0 Å². The molecule has 0 saturated carbocycles. The summed E-state index contributed by atoms with van der Waals surface area (Å²) < 4.78 is 12.9. The number of hydrogen-bond donors (Lipinski definition) is 2. The predicted octanol–water partition coefficient (Wildman–Crippen LogP) is 2.17. The average Bonchev–Trinajstić information content (AvgIpc) is 2.39. The molecule has 2 N–H and O–H groups in total. The predicted molar refractivity (Wildman–Crippen MR) is 65.5 cm³/mol. The Hall–Kier alpha value is -2.76. The highest BCUT2D eigenvalue weighted by Gasteiger charge is 2.09. The van der Waals surface area contributed by atoms with Crippen LogP contribution < -0.4 is 5.32 Å². The smallest absolute Gasteiger partial charge is 0.335 e. The van der Waals surface area contributed by atoms with Gasteiger partial charge >= 0.3 is 5.97 Å². The Balaban J connectivity index is 2.19. The van der Waals surface area contributed by atoms with Gasteiger partial charge in [-0.2, -0.15) is 0 Å². The number of carbonyl (C=O) groups excluding carboxylic acids is 1. The van der Waals surface area contributed by atoms with E-state index in [0.29, 0.717) is 5.69 Å². The van der Waals surface area contributed by atoms with E-state index in [-0.39, 0.29) is 11.1 Å². The molecular formula is C13H9FN2O3. The quantitative estimate of drug-likeness (QED) is 0.886. The minimum atomic E-state index is -1.09. The molecule has 1 aromatic carbocycles. The lowest BCUT2D eigenvalue weighted by atomic mass is 10.2. The molecule has 1 aromatic heterocycles. The molecule has 0 unspecified atom stereocenters. The van der Waals surface area contributed by atoms with Gasteiger partial charge in [0.2, 0.25) is 0 Å². The van der Waals surface area contributed by atoms with E-state index in [9.17, 15) is 14.0 Å². The van der Waals surface area contributed by atoms with Crippen LogP contribution >= 0.6 is 0 Å². The van der Waals surface area contributed by atoms with Crippen LogP contribution in [0.1, 0.15) is 20.7 Å². The molecule has 1 heterocycles. The van der Waals surface area contributed by atoms with Gasteiger partial charge in [0.15, 0.2) is 0 Å². The summed E-state index contributed by atoms with van der Waals surface area (Å²) in [7, 11) is 0. The zero-order valence-corrected chi connectivity index (χ0v) is 9.63. The zero-order valence-electron chi connectivity index (χ0n) is 9.63. The van der Waals surface area contributed by atoms with Gasteiger partial charge in [-0.1, -0.05) is 6.07 Å². The number of nitrogens with one attached hydrogen (secondary N) is 1. The first-order valence-electron chi connectivity index (χ1n) is 5.31. The first kappa shape index (κ1) is 12.7. The van der Waals surface area contributed by atoms with Crippen LogP contribution in [0.5, 0.6) is 0 Å². The van der Waals surface area contributed by atoms with Crippen LogP contribution in [0, 0.1) is 5.82 Å². The van der Waals surface area contributed by atoms with Crippen LogP contribution in [-0.2, 0) is 0 Å². The summed E-state index contributed by atoms with van der Waals surface area (Å²) in [6, 6.07) is 6.80. The molecule has 1 amide bonds. The van der Waals surface area contributed by atoms with Gasteiger partial charge in [-0.25, -0.2) is 9.18 Å². The summed E-state index contributed by atoms with van der Waals surface area (Å²) in [5.74, 6) is -2.27. The standard InChI is InChI=1S/C13H9FN2O3/c14-10-4-9(6-15-7-10)12(17)16-11-3-1-2-8(5-11)13(18)19/h1-7H,(H,16,17)(H,18,19). The second-order valence-electron chi connectivity index (χ2n) is 3.73. The number of pyridine rings is 1. The molecule has 2 rings (SSSR count). The Bertz CT molecular complexity index is 643. The highest BCUT2D eigenvalue weighted by atomic mass is 19.1. The van der Waals surface area contributed by atoms with E-state index in [1.54, 1.807) is 0 Å². The fraction of sp³-hybridized carbons (Fsp3) is 0. The molecule has 0 radical (unpaired) electrons. The number of amides is 1. The van der Waals surface area contributed by atoms with Crippen LogP contribution in [0.25, 0.3) is 0 Å². The Morgan fingerprint density at radius 1 is 1.16 bits per heavy atom. The molecule has 0 fully saturated rings. The monoisotopic (exact) mass is 260 g/mol. The highest BCUT2D eigenvalue weighted by Crippen LogP contribution is 2.12. The van der Waals surface area contributed by atoms with Crippen LogP contribution in [0.15, 0.2) is 42.7 Å². The van der Waals surface area contributed by atoms with Crippen molar-refractivity contribution in [3.8, 4) is 0 Å². The van der Waals surface area contributed by atoms with Crippen molar-refractivity contribution in [2.75, 3.05) is 5.32 Å². The molecule has 5 nitrogen and oxygen atoms in total. The van der Waals surface area contributed by atoms with Gasteiger partial charge in [0, 0.05) is 11.9 Å². The lowest BCUT2D eigenvalue weighted by Crippen LogP contribution is -2.13. The van der Waals surface area contributed by atoms with E-state index in [1.807, 2.05) is 0 Å². The SMILES string of the molecule is O=C(O)c1cccc(NC(=O)c2cncc(F)c2)c1. The fourth-order valence-corrected chi connectivity index (χ4v) is 1.47. The number of anilines is 1. The van der Waals surface area contributed by atoms with Crippen molar-refractivity contribution in [1.82, 2.24) is 4.98 Å². The maximum absolute atomic E-state index is 12.9. The van der Waals surface area contributed by atoms with E-state index < -0.39 is 17.7 Å². The number of carbonyl (C=O) groups is 2. The molecule has 0 saturated heterocycles. The number of carboxylic acid groups (broad SMARTS) is 1. The van der Waals surface area contributed by atoms with E-state index in [1.165, 1.54) is 30.5 Å². The van der Waals surface area contributed by atoms with Crippen LogP contribution in [0.2, 0.25) is 0 Å². The van der Waals surface area contributed by atoms with E-state index >= 15 is 0 Å². The number of aromatic nitrogens is 1. The second kappa shape index (κ2) is 5.26. The van der Waals surface area contributed by atoms with Crippen molar-refractivity contribution in [2.45, 2.75) is 0 Å². The Morgan fingerprint density at radius 2 is 1.95 bits per heavy atom. The third-order valence-electron chi connectivity index (χ3n) is 2.33. The minimum absolute atomic E-state index is 0.0511. The van der Waals surface area contributed by atoms with Crippen molar-refractivity contribution in [3.05, 3.63) is 59.7 Å². The minimum Gasteiger partial charge on any atom is -0.478 e. The highest BCUT2D eigenvalue weighted by molar-refractivity contribution is 6.04. The Labute approximate surface area is 107 Å². The maximum atomic E-state index is 12.9. The number of rotatable bonds is 3. The van der Waals surface area contributed by atoms with Crippen LogP contribution in [0.4, 0.5) is 10.1 Å². The summed E-state index contributed by atoms with van der Waals surface area (Å²) >= 11 is 0. The summed E-state index contributed by atoms with van der Waals surface area (Å²) in [6.07, 6.45) is 2.21. The maximum Gasteiger partial charge on any atom is 0.335 e. The average molecular weight is 260 g/mol. The number of carboxylic acids is 1. The normalized spacial score (nSPS) is 9.95. The summed E-state index contributed by atoms with van der Waals surface area (Å²) in [4.78, 5) is 26.1. The van der Waals surface area contributed by atoms with Crippen molar-refractivity contribution >= 4 is 17.6 Å². The molecule has 6 heteroatoms. The van der Waals surface area contributed by atoms with Gasteiger partial charge in [0.05, 0.1) is 17.3 Å². The molecule has 0 aliphatic heterocycles. The van der Waals surface area contributed by atoms with Crippen molar-refractivity contribution in [3.63, 3.8) is 0 Å². The van der Waals surface area contributed by atoms with Crippen LogP contribution in [0.3, 0.4) is 0 Å². The number of nitrogens with zero attached hydrogens (tertiary/aromatic N) is 1. The van der Waals surface area contributed by atoms with Gasteiger partial charge < -0.3 is 10.4 Å². The van der Waals surface area contributed by atoms with Crippen molar-refractivity contribution in [1.29, 1.82) is 0 Å². The first-order chi connectivity index (χ1) is 9.06.